The molecular formula is C15H17N5O6S. The van der Waals surface area contributed by atoms with Crippen LogP contribution < -0.4 is 11.1 Å². The molecule has 2 aromatic heterocycles. The van der Waals surface area contributed by atoms with Gasteiger partial charge in [-0.25, -0.2) is 4.79 Å². The molecule has 0 fully saturated rings. The fraction of sp³-hybridized carbons (Fsp3) is 0.333. The number of primary amides is 1. The second-order valence-electron chi connectivity index (χ2n) is 5.78. The summed E-state index contributed by atoms with van der Waals surface area (Å²) >= 11 is 0.853. The molecule has 0 radical (unpaired) electrons. The molecule has 0 aliphatic heterocycles. The van der Waals surface area contributed by atoms with Crippen LogP contribution in [0.2, 0.25) is 0 Å². The average molecular weight is 395 g/mol. The average Bonchev–Trinajstić information content (AvgIpc) is 3.11. The quantitative estimate of drug-likeness (QED) is 0.408. The zero-order valence-corrected chi connectivity index (χ0v) is 15.5. The lowest BCUT2D eigenvalue weighted by Crippen LogP contribution is -2.20. The number of carbonyl (C=O) groups excluding carboxylic acids is 3. The number of carbonyl (C=O) groups is 3. The first-order chi connectivity index (χ1) is 12.6. The lowest BCUT2D eigenvalue weighted by molar-refractivity contribution is -0.385. The molecule has 0 bridgehead atoms. The highest BCUT2D eigenvalue weighted by Crippen LogP contribution is 2.33. The van der Waals surface area contributed by atoms with E-state index in [1.54, 1.807) is 13.8 Å². The van der Waals surface area contributed by atoms with E-state index in [2.05, 4.69) is 10.4 Å². The van der Waals surface area contributed by atoms with E-state index in [0.717, 1.165) is 28.4 Å². The fourth-order valence-corrected chi connectivity index (χ4v) is 3.27. The molecule has 12 heteroatoms. The van der Waals surface area contributed by atoms with Crippen molar-refractivity contribution in [3.63, 3.8) is 0 Å². The molecule has 0 aliphatic carbocycles. The number of rotatable bonds is 7. The Morgan fingerprint density at radius 2 is 2.11 bits per heavy atom. The number of nitro groups is 1. The van der Waals surface area contributed by atoms with Crippen molar-refractivity contribution >= 4 is 39.8 Å². The van der Waals surface area contributed by atoms with Crippen molar-refractivity contribution < 1.29 is 24.0 Å². The molecular weight excluding hydrogens is 378 g/mol. The van der Waals surface area contributed by atoms with Gasteiger partial charge in [-0.1, -0.05) is 0 Å². The summed E-state index contributed by atoms with van der Waals surface area (Å²) in [5.74, 6) is -2.03. The number of nitrogens with two attached hydrogens (primary N) is 1. The number of nitrogens with zero attached hydrogens (tertiary/aromatic N) is 3. The van der Waals surface area contributed by atoms with Crippen molar-refractivity contribution in [2.75, 3.05) is 5.32 Å². The van der Waals surface area contributed by atoms with E-state index in [4.69, 9.17) is 10.5 Å². The molecule has 0 aliphatic rings. The maximum Gasteiger partial charge on any atom is 0.341 e. The van der Waals surface area contributed by atoms with E-state index in [1.165, 1.54) is 6.92 Å². The van der Waals surface area contributed by atoms with E-state index in [-0.39, 0.29) is 27.7 Å². The predicted octanol–water partition coefficient (Wildman–Crippen LogP) is 1.46. The summed E-state index contributed by atoms with van der Waals surface area (Å²) in [6.45, 7) is 4.53. The number of nitrogens with one attached hydrogen (secondary N) is 1. The Bertz CT molecular complexity index is 916. The Balaban J connectivity index is 2.26. The van der Waals surface area contributed by atoms with Crippen molar-refractivity contribution in [1.29, 1.82) is 0 Å². The largest absolute Gasteiger partial charge is 0.459 e. The fourth-order valence-electron chi connectivity index (χ4n) is 2.20. The number of ether oxygens (including phenoxy) is 1. The van der Waals surface area contributed by atoms with Crippen molar-refractivity contribution in [1.82, 2.24) is 9.78 Å². The van der Waals surface area contributed by atoms with Crippen LogP contribution in [0.5, 0.6) is 0 Å². The van der Waals surface area contributed by atoms with Gasteiger partial charge in [-0.15, -0.1) is 11.3 Å². The van der Waals surface area contributed by atoms with Gasteiger partial charge in [-0.2, -0.15) is 5.10 Å². The molecule has 0 atom stereocenters. The first-order valence-corrected chi connectivity index (χ1v) is 8.52. The molecule has 0 saturated carbocycles. The monoisotopic (exact) mass is 395 g/mol. The second-order valence-corrected chi connectivity index (χ2v) is 6.80. The van der Waals surface area contributed by atoms with Crippen molar-refractivity contribution in [3.8, 4) is 0 Å². The highest BCUT2D eigenvalue weighted by atomic mass is 32.1. The zero-order valence-electron chi connectivity index (χ0n) is 14.7. The van der Waals surface area contributed by atoms with Crippen molar-refractivity contribution in [3.05, 3.63) is 38.5 Å². The molecule has 3 N–H and O–H groups in total. The SMILES string of the molecule is Cc1c(C(N)=O)sc(NC(=O)Cn2cc([N+](=O)[O-])cn2)c1C(=O)OC(C)C. The molecule has 0 aromatic carbocycles. The minimum absolute atomic E-state index is 0.0438. The third-order valence-corrected chi connectivity index (χ3v) is 4.53. The first kappa shape index (κ1) is 20.0. The Hall–Kier alpha value is -3.28. The third kappa shape index (κ3) is 4.67. The van der Waals surface area contributed by atoms with E-state index >= 15 is 0 Å². The molecule has 2 aromatic rings. The van der Waals surface area contributed by atoms with Crippen LogP contribution >= 0.6 is 11.3 Å². The minimum atomic E-state index is -0.737. The summed E-state index contributed by atoms with van der Waals surface area (Å²) in [6, 6.07) is 0. The molecule has 0 unspecified atom stereocenters. The van der Waals surface area contributed by atoms with Crippen LogP contribution in [-0.2, 0) is 16.1 Å². The Kier molecular flexibility index (Phi) is 5.90. The molecule has 144 valence electrons. The van der Waals surface area contributed by atoms with Gasteiger partial charge in [0.15, 0.2) is 0 Å². The Morgan fingerprint density at radius 1 is 1.44 bits per heavy atom. The maximum atomic E-state index is 12.3. The van der Waals surface area contributed by atoms with Gasteiger partial charge in [0.25, 0.3) is 5.91 Å². The van der Waals surface area contributed by atoms with Crippen molar-refractivity contribution in [2.24, 2.45) is 5.73 Å². The molecule has 2 amide bonds. The summed E-state index contributed by atoms with van der Waals surface area (Å²) in [4.78, 5) is 46.3. The van der Waals surface area contributed by atoms with Crippen LogP contribution in [0.4, 0.5) is 10.7 Å². The molecule has 11 nitrogen and oxygen atoms in total. The van der Waals surface area contributed by atoms with Crippen LogP contribution in [0.25, 0.3) is 0 Å². The predicted molar refractivity (Wildman–Crippen MR) is 95.6 cm³/mol. The summed E-state index contributed by atoms with van der Waals surface area (Å²) in [5, 5.41) is 17.0. The lowest BCUT2D eigenvalue weighted by Gasteiger charge is -2.10. The lowest BCUT2D eigenvalue weighted by atomic mass is 10.1. The van der Waals surface area contributed by atoms with Gasteiger partial charge in [-0.05, 0) is 26.3 Å². The zero-order chi connectivity index (χ0) is 20.3. The van der Waals surface area contributed by atoms with Gasteiger partial charge in [0.2, 0.25) is 5.91 Å². The smallest absolute Gasteiger partial charge is 0.341 e. The number of thiophene rings is 1. The minimum Gasteiger partial charge on any atom is -0.459 e. The number of hydrogen-bond acceptors (Lipinski definition) is 8. The van der Waals surface area contributed by atoms with Crippen LogP contribution in [0.1, 0.15) is 39.4 Å². The standard InChI is InChI=1S/C15H17N5O6S/c1-7(2)26-15(23)11-8(3)12(13(16)22)27-14(11)18-10(21)6-19-5-9(4-17-19)20(24)25/h4-5,7H,6H2,1-3H3,(H2,16,22)(H,18,21). The van der Waals surface area contributed by atoms with E-state index in [1.807, 2.05) is 0 Å². The summed E-state index contributed by atoms with van der Waals surface area (Å²) in [6.07, 6.45) is 1.71. The van der Waals surface area contributed by atoms with Crippen molar-refractivity contribution in [2.45, 2.75) is 33.4 Å². The number of aromatic nitrogens is 2. The Labute approximate surface area is 157 Å². The number of anilines is 1. The highest BCUT2D eigenvalue weighted by molar-refractivity contribution is 7.18. The number of amides is 2. The van der Waals surface area contributed by atoms with Gasteiger partial charge < -0.3 is 15.8 Å². The normalized spacial score (nSPS) is 10.7. The summed E-state index contributed by atoms with van der Waals surface area (Å²) in [7, 11) is 0. The Morgan fingerprint density at radius 3 is 2.63 bits per heavy atom. The highest BCUT2D eigenvalue weighted by Gasteiger charge is 2.26. The first-order valence-electron chi connectivity index (χ1n) is 7.71. The summed E-state index contributed by atoms with van der Waals surface area (Å²) < 4.78 is 6.23. The molecule has 0 saturated heterocycles. The third-order valence-electron chi connectivity index (χ3n) is 3.31. The van der Waals surface area contributed by atoms with Crippen LogP contribution in [-0.4, -0.2) is 38.6 Å². The van der Waals surface area contributed by atoms with Gasteiger partial charge in [0, 0.05) is 0 Å². The number of esters is 1. The molecule has 0 spiro atoms. The van der Waals surface area contributed by atoms with E-state index < -0.39 is 28.8 Å². The van der Waals surface area contributed by atoms with E-state index in [0.29, 0.717) is 5.56 Å². The van der Waals surface area contributed by atoms with Gasteiger partial charge in [0.05, 0.1) is 21.5 Å². The molecule has 27 heavy (non-hydrogen) atoms. The maximum absolute atomic E-state index is 12.3. The summed E-state index contributed by atoms with van der Waals surface area (Å²) in [5.41, 5.74) is 5.41. The topological polar surface area (TPSA) is 159 Å². The van der Waals surface area contributed by atoms with Gasteiger partial charge >= 0.3 is 11.7 Å². The van der Waals surface area contributed by atoms with Gasteiger partial charge in [-0.3, -0.25) is 24.4 Å². The molecule has 2 rings (SSSR count). The van der Waals surface area contributed by atoms with Crippen LogP contribution in [0.3, 0.4) is 0 Å². The van der Waals surface area contributed by atoms with E-state index in [9.17, 15) is 24.5 Å². The number of hydrogen-bond donors (Lipinski definition) is 2. The van der Waals surface area contributed by atoms with Gasteiger partial charge in [0.1, 0.15) is 23.9 Å². The van der Waals surface area contributed by atoms with Crippen LogP contribution in [0, 0.1) is 17.0 Å². The molecule has 2 heterocycles. The van der Waals surface area contributed by atoms with Crippen LogP contribution in [0.15, 0.2) is 12.4 Å². The second kappa shape index (κ2) is 7.95.